The Bertz CT molecular complexity index is 659. The molecule has 0 aliphatic carbocycles. The van der Waals surface area contributed by atoms with Crippen molar-refractivity contribution in [3.63, 3.8) is 0 Å². The van der Waals surface area contributed by atoms with Crippen LogP contribution in [-0.4, -0.2) is 22.0 Å². The summed E-state index contributed by atoms with van der Waals surface area (Å²) in [6.45, 7) is 5.62. The number of aryl methyl sites for hydroxylation is 1. The van der Waals surface area contributed by atoms with Crippen molar-refractivity contribution in [2.24, 2.45) is 0 Å². The van der Waals surface area contributed by atoms with E-state index in [1.54, 1.807) is 6.20 Å². The molecule has 1 N–H and O–H groups in total. The van der Waals surface area contributed by atoms with Crippen LogP contribution in [0, 0.1) is 6.92 Å². The predicted octanol–water partition coefficient (Wildman–Crippen LogP) is 3.48. The summed E-state index contributed by atoms with van der Waals surface area (Å²) in [5.74, 6) is 0.514. The summed E-state index contributed by atoms with van der Waals surface area (Å²) >= 11 is 6.07. The summed E-state index contributed by atoms with van der Waals surface area (Å²) in [5.41, 5.74) is 1.23. The lowest BCUT2D eigenvalue weighted by molar-refractivity contribution is 0.102. The highest BCUT2D eigenvalue weighted by atomic mass is 35.5. The normalized spacial score (nSPS) is 10.5. The maximum Gasteiger partial charge on any atom is 0.258 e. The molecule has 1 amide bonds. The number of anilines is 1. The number of nitrogens with zero attached hydrogens (tertiary/aromatic N) is 2. The molecule has 0 saturated heterocycles. The Morgan fingerprint density at radius 2 is 2.14 bits per heavy atom. The minimum absolute atomic E-state index is 0.0363. The van der Waals surface area contributed by atoms with E-state index in [0.29, 0.717) is 22.3 Å². The van der Waals surface area contributed by atoms with E-state index in [9.17, 15) is 4.79 Å². The van der Waals surface area contributed by atoms with Crippen molar-refractivity contribution in [1.29, 1.82) is 0 Å². The predicted molar refractivity (Wildman–Crippen MR) is 81.9 cm³/mol. The summed E-state index contributed by atoms with van der Waals surface area (Å²) < 4.78 is 5.43. The van der Waals surface area contributed by atoms with Crippen molar-refractivity contribution in [2.75, 3.05) is 5.32 Å². The van der Waals surface area contributed by atoms with Crippen LogP contribution in [0.15, 0.2) is 30.6 Å². The molecular weight excluding hydrogens is 290 g/mol. The topological polar surface area (TPSA) is 64.1 Å². The highest BCUT2D eigenvalue weighted by molar-refractivity contribution is 6.32. The van der Waals surface area contributed by atoms with Crippen molar-refractivity contribution in [2.45, 2.75) is 26.9 Å². The third-order valence-corrected chi connectivity index (χ3v) is 2.93. The number of carbonyl (C=O) groups is 1. The minimum Gasteiger partial charge on any atom is -0.474 e. The van der Waals surface area contributed by atoms with Gasteiger partial charge >= 0.3 is 0 Å². The average molecular weight is 306 g/mol. The number of ether oxygens (including phenoxy) is 1. The fourth-order valence-corrected chi connectivity index (χ4v) is 1.87. The number of nitrogens with one attached hydrogen (secondary N) is 1. The first-order valence-electron chi connectivity index (χ1n) is 6.52. The van der Waals surface area contributed by atoms with Crippen LogP contribution in [0.1, 0.15) is 29.8 Å². The van der Waals surface area contributed by atoms with Crippen molar-refractivity contribution >= 4 is 23.3 Å². The Morgan fingerprint density at radius 3 is 2.76 bits per heavy atom. The summed E-state index contributed by atoms with van der Waals surface area (Å²) in [4.78, 5) is 20.3. The average Bonchev–Trinajstić information content (AvgIpc) is 2.43. The van der Waals surface area contributed by atoms with E-state index < -0.39 is 0 Å². The molecule has 110 valence electrons. The SMILES string of the molecule is Cc1cccnc1NC(=O)c1cnc(OC(C)C)c(Cl)c1. The van der Waals surface area contributed by atoms with Gasteiger partial charge in [-0.25, -0.2) is 9.97 Å². The molecule has 0 aliphatic rings. The van der Waals surface area contributed by atoms with Crippen LogP contribution in [0.4, 0.5) is 5.82 Å². The molecule has 0 aromatic carbocycles. The maximum atomic E-state index is 12.2. The van der Waals surface area contributed by atoms with Gasteiger partial charge in [0.25, 0.3) is 5.91 Å². The van der Waals surface area contributed by atoms with Gasteiger partial charge in [-0.3, -0.25) is 4.79 Å². The Hall–Kier alpha value is -2.14. The quantitative estimate of drug-likeness (QED) is 0.939. The number of hydrogen-bond donors (Lipinski definition) is 1. The molecule has 0 spiro atoms. The van der Waals surface area contributed by atoms with Crippen LogP contribution in [0.3, 0.4) is 0 Å². The molecule has 6 heteroatoms. The van der Waals surface area contributed by atoms with Crippen LogP contribution in [-0.2, 0) is 0 Å². The zero-order valence-corrected chi connectivity index (χ0v) is 12.8. The number of hydrogen-bond acceptors (Lipinski definition) is 4. The Morgan fingerprint density at radius 1 is 1.38 bits per heavy atom. The van der Waals surface area contributed by atoms with Crippen LogP contribution in [0.25, 0.3) is 0 Å². The van der Waals surface area contributed by atoms with Gasteiger partial charge in [0, 0.05) is 12.4 Å². The van der Waals surface area contributed by atoms with Gasteiger partial charge in [0.15, 0.2) is 0 Å². The first kappa shape index (κ1) is 15.3. The lowest BCUT2D eigenvalue weighted by Gasteiger charge is -2.11. The van der Waals surface area contributed by atoms with Gasteiger partial charge < -0.3 is 10.1 Å². The second kappa shape index (κ2) is 6.54. The summed E-state index contributed by atoms with van der Waals surface area (Å²) in [7, 11) is 0. The first-order valence-corrected chi connectivity index (χ1v) is 6.90. The molecule has 2 heterocycles. The van der Waals surface area contributed by atoms with Gasteiger partial charge in [0.2, 0.25) is 5.88 Å². The fraction of sp³-hybridized carbons (Fsp3) is 0.267. The van der Waals surface area contributed by atoms with E-state index in [4.69, 9.17) is 16.3 Å². The van der Waals surface area contributed by atoms with E-state index >= 15 is 0 Å². The number of rotatable bonds is 4. The summed E-state index contributed by atoms with van der Waals surface area (Å²) in [5, 5.41) is 3.02. The molecule has 0 saturated carbocycles. The maximum absolute atomic E-state index is 12.2. The molecule has 0 radical (unpaired) electrons. The van der Waals surface area contributed by atoms with Gasteiger partial charge in [-0.05, 0) is 38.5 Å². The van der Waals surface area contributed by atoms with Crippen LogP contribution in [0.5, 0.6) is 5.88 Å². The molecule has 0 atom stereocenters. The Labute approximate surface area is 128 Å². The van der Waals surface area contributed by atoms with Crippen molar-refractivity contribution < 1.29 is 9.53 Å². The third-order valence-electron chi connectivity index (χ3n) is 2.66. The largest absolute Gasteiger partial charge is 0.474 e. The van der Waals surface area contributed by atoms with Crippen LogP contribution in [0.2, 0.25) is 5.02 Å². The third kappa shape index (κ3) is 3.92. The monoisotopic (exact) mass is 305 g/mol. The van der Waals surface area contributed by atoms with Gasteiger partial charge in [-0.15, -0.1) is 0 Å². The number of carbonyl (C=O) groups excluding carboxylic acids is 1. The lowest BCUT2D eigenvalue weighted by Crippen LogP contribution is -2.15. The number of amides is 1. The van der Waals surface area contributed by atoms with Crippen molar-refractivity contribution in [1.82, 2.24) is 9.97 Å². The highest BCUT2D eigenvalue weighted by Gasteiger charge is 2.13. The van der Waals surface area contributed by atoms with Crippen LogP contribution < -0.4 is 10.1 Å². The van der Waals surface area contributed by atoms with Crippen molar-refractivity contribution in [3.8, 4) is 5.88 Å². The standard InChI is InChI=1S/C15H16ClN3O2/c1-9(2)21-15-12(16)7-11(8-18-15)14(20)19-13-10(3)5-4-6-17-13/h4-9H,1-3H3,(H,17,19,20). The molecule has 0 unspecified atom stereocenters. The van der Waals surface area contributed by atoms with Gasteiger partial charge in [-0.1, -0.05) is 17.7 Å². The lowest BCUT2D eigenvalue weighted by atomic mass is 10.2. The number of pyridine rings is 2. The molecule has 2 rings (SSSR count). The number of aromatic nitrogens is 2. The molecule has 0 aliphatic heterocycles. The van der Waals surface area contributed by atoms with Crippen LogP contribution >= 0.6 is 11.6 Å². The molecule has 5 nitrogen and oxygen atoms in total. The molecular formula is C15H16ClN3O2. The summed E-state index contributed by atoms with van der Waals surface area (Å²) in [6.07, 6.45) is 3.01. The first-order chi connectivity index (χ1) is 9.97. The molecule has 0 fully saturated rings. The number of halogens is 1. The van der Waals surface area contributed by atoms with Gasteiger partial charge in [-0.2, -0.15) is 0 Å². The van der Waals surface area contributed by atoms with E-state index in [-0.39, 0.29) is 12.0 Å². The second-order valence-corrected chi connectivity index (χ2v) is 5.21. The molecule has 2 aromatic rings. The molecule has 21 heavy (non-hydrogen) atoms. The van der Waals surface area contributed by atoms with E-state index in [0.717, 1.165) is 5.56 Å². The molecule has 2 aromatic heterocycles. The minimum atomic E-state index is -0.317. The fourth-order valence-electron chi connectivity index (χ4n) is 1.66. The Kier molecular flexibility index (Phi) is 4.75. The van der Waals surface area contributed by atoms with E-state index in [2.05, 4.69) is 15.3 Å². The van der Waals surface area contributed by atoms with Gasteiger partial charge in [0.1, 0.15) is 10.8 Å². The van der Waals surface area contributed by atoms with E-state index in [1.807, 2.05) is 32.9 Å². The second-order valence-electron chi connectivity index (χ2n) is 4.80. The van der Waals surface area contributed by atoms with Crippen molar-refractivity contribution in [3.05, 3.63) is 46.7 Å². The summed E-state index contributed by atoms with van der Waals surface area (Å²) in [6, 6.07) is 5.20. The molecule has 0 bridgehead atoms. The highest BCUT2D eigenvalue weighted by Crippen LogP contribution is 2.24. The zero-order valence-electron chi connectivity index (χ0n) is 12.1. The Balaban J connectivity index is 2.17. The zero-order chi connectivity index (χ0) is 15.4. The van der Waals surface area contributed by atoms with E-state index in [1.165, 1.54) is 12.3 Å². The smallest absolute Gasteiger partial charge is 0.258 e. The van der Waals surface area contributed by atoms with Gasteiger partial charge in [0.05, 0.1) is 11.7 Å².